The van der Waals surface area contributed by atoms with Crippen LogP contribution in [0.4, 0.5) is 0 Å². The fraction of sp³-hybridized carbons (Fsp3) is 0.760. The lowest BCUT2D eigenvalue weighted by Gasteiger charge is -2.50. The van der Waals surface area contributed by atoms with Gasteiger partial charge in [-0.1, -0.05) is 12.2 Å². The minimum absolute atomic E-state index is 0.00482. The SMILES string of the molecule is CN(C)C(=O)[C@@H]1[C@@H](CO)[C@@H]2CN3C(=O)C(C4=CCCC4)=CCC3[C@H]1N2CC1CCOCC1. The normalized spacial score (nSPS) is 35.5. The number of amides is 2. The van der Waals surface area contributed by atoms with Gasteiger partial charge in [-0.2, -0.15) is 0 Å². The highest BCUT2D eigenvalue weighted by Crippen LogP contribution is 2.47. The van der Waals surface area contributed by atoms with Gasteiger partial charge in [-0.15, -0.1) is 0 Å². The number of aliphatic hydroxyl groups excluding tert-OH is 1. The molecule has 7 nitrogen and oxygen atoms in total. The fourth-order valence-electron chi connectivity index (χ4n) is 6.90. The Morgan fingerprint density at radius 1 is 1.22 bits per heavy atom. The van der Waals surface area contributed by atoms with Gasteiger partial charge in [0.15, 0.2) is 0 Å². The topological polar surface area (TPSA) is 73.3 Å². The highest BCUT2D eigenvalue weighted by molar-refractivity contribution is 5.99. The number of rotatable bonds is 5. The van der Waals surface area contributed by atoms with Gasteiger partial charge in [-0.3, -0.25) is 14.5 Å². The molecule has 0 aromatic carbocycles. The zero-order chi connectivity index (χ0) is 22.4. The number of hydrogen-bond donors (Lipinski definition) is 1. The molecule has 0 aromatic rings. The van der Waals surface area contributed by atoms with Crippen molar-refractivity contribution in [3.63, 3.8) is 0 Å². The molecule has 1 aliphatic carbocycles. The van der Waals surface area contributed by atoms with Gasteiger partial charge >= 0.3 is 0 Å². The van der Waals surface area contributed by atoms with Crippen LogP contribution in [0.2, 0.25) is 0 Å². The van der Waals surface area contributed by atoms with Crippen LogP contribution in [-0.4, -0.2) is 96.8 Å². The predicted molar refractivity (Wildman–Crippen MR) is 121 cm³/mol. The Kier molecular flexibility index (Phi) is 6.16. The number of hydrogen-bond acceptors (Lipinski definition) is 5. The number of allylic oxidation sites excluding steroid dienone is 1. The number of carbonyl (C=O) groups excluding carboxylic acids is 2. The van der Waals surface area contributed by atoms with Crippen molar-refractivity contribution in [2.75, 3.05) is 47.0 Å². The zero-order valence-electron chi connectivity index (χ0n) is 19.4. The van der Waals surface area contributed by atoms with Gasteiger partial charge < -0.3 is 19.6 Å². The van der Waals surface area contributed by atoms with Crippen molar-refractivity contribution in [3.05, 3.63) is 23.3 Å². The van der Waals surface area contributed by atoms with Crippen LogP contribution >= 0.6 is 0 Å². The summed E-state index contributed by atoms with van der Waals surface area (Å²) in [6.45, 7) is 3.11. The maximum Gasteiger partial charge on any atom is 0.254 e. The average Bonchev–Trinajstić information content (AvgIpc) is 3.39. The van der Waals surface area contributed by atoms with Crippen LogP contribution in [0.15, 0.2) is 23.3 Å². The molecule has 3 fully saturated rings. The number of piperazine rings is 1. The molecule has 5 atom stereocenters. The molecular formula is C25H37N3O4. The van der Waals surface area contributed by atoms with Crippen LogP contribution in [0, 0.1) is 17.8 Å². The smallest absolute Gasteiger partial charge is 0.254 e. The van der Waals surface area contributed by atoms with E-state index in [2.05, 4.69) is 22.0 Å². The quantitative estimate of drug-likeness (QED) is 0.696. The van der Waals surface area contributed by atoms with Crippen molar-refractivity contribution in [1.29, 1.82) is 0 Å². The van der Waals surface area contributed by atoms with Gasteiger partial charge in [0.05, 0.1) is 12.0 Å². The van der Waals surface area contributed by atoms with Crippen LogP contribution < -0.4 is 0 Å². The molecule has 1 N–H and O–H groups in total. The highest BCUT2D eigenvalue weighted by Gasteiger charge is 2.60. The third-order valence-corrected chi connectivity index (χ3v) is 8.50. The molecule has 0 aromatic heterocycles. The van der Waals surface area contributed by atoms with E-state index >= 15 is 0 Å². The fourth-order valence-corrected chi connectivity index (χ4v) is 6.90. The van der Waals surface area contributed by atoms with Gasteiger partial charge in [-0.05, 0) is 50.0 Å². The van der Waals surface area contributed by atoms with Crippen molar-refractivity contribution in [1.82, 2.24) is 14.7 Å². The van der Waals surface area contributed by atoms with E-state index in [4.69, 9.17) is 4.74 Å². The summed E-state index contributed by atoms with van der Waals surface area (Å²) in [4.78, 5) is 33.2. The van der Waals surface area contributed by atoms with Crippen molar-refractivity contribution >= 4 is 11.8 Å². The van der Waals surface area contributed by atoms with Crippen molar-refractivity contribution in [2.24, 2.45) is 17.8 Å². The van der Waals surface area contributed by atoms with Crippen molar-refractivity contribution < 1.29 is 19.4 Å². The summed E-state index contributed by atoms with van der Waals surface area (Å²) in [6.07, 6.45) is 10.4. The lowest BCUT2D eigenvalue weighted by atomic mass is 9.83. The number of aliphatic hydroxyl groups is 1. The van der Waals surface area contributed by atoms with Gasteiger partial charge in [-0.25, -0.2) is 0 Å². The molecular weight excluding hydrogens is 406 g/mol. The molecule has 32 heavy (non-hydrogen) atoms. The van der Waals surface area contributed by atoms with Crippen LogP contribution in [0.1, 0.15) is 38.5 Å². The Labute approximate surface area is 191 Å². The molecule has 0 radical (unpaired) electrons. The van der Waals surface area contributed by atoms with Crippen LogP contribution in [0.5, 0.6) is 0 Å². The molecule has 0 saturated carbocycles. The standard InChI is InChI=1S/C25H37N3O4/c1-26(2)25(31)22-19(15-29)21-14-28-20(8-7-18(24(28)30)17-5-3-4-6-17)23(22)27(21)13-16-9-11-32-12-10-16/h5,7,16,19-23,29H,3-4,6,8-15H2,1-2H3/t19-,20?,21-,22+,23+/m0/s1. The summed E-state index contributed by atoms with van der Waals surface area (Å²) in [7, 11) is 3.60. The van der Waals surface area contributed by atoms with Gasteiger partial charge in [0.25, 0.3) is 5.91 Å². The lowest BCUT2D eigenvalue weighted by Crippen LogP contribution is -2.64. The summed E-state index contributed by atoms with van der Waals surface area (Å²) < 4.78 is 5.57. The van der Waals surface area contributed by atoms with E-state index in [9.17, 15) is 14.7 Å². The van der Waals surface area contributed by atoms with E-state index in [1.807, 2.05) is 0 Å². The van der Waals surface area contributed by atoms with E-state index in [0.717, 1.165) is 63.9 Å². The Balaban J connectivity index is 1.48. The number of nitrogens with zero attached hydrogens (tertiary/aromatic N) is 3. The molecule has 1 unspecified atom stereocenters. The second-order valence-electron chi connectivity index (χ2n) is 10.4. The maximum absolute atomic E-state index is 13.6. The van der Waals surface area contributed by atoms with E-state index < -0.39 is 0 Å². The molecule has 5 rings (SSSR count). The first kappa shape index (κ1) is 22.1. The Bertz CT molecular complexity index is 816. The molecule has 0 spiro atoms. The molecule has 4 heterocycles. The highest BCUT2D eigenvalue weighted by atomic mass is 16.5. The minimum atomic E-state index is -0.275. The van der Waals surface area contributed by atoms with E-state index in [1.54, 1.807) is 19.0 Å². The van der Waals surface area contributed by atoms with E-state index in [1.165, 1.54) is 5.57 Å². The Morgan fingerprint density at radius 2 is 2.00 bits per heavy atom. The Hall–Kier alpha value is -1.70. The number of fused-ring (bicyclic) bond motifs is 4. The van der Waals surface area contributed by atoms with Crippen LogP contribution in [0.3, 0.4) is 0 Å². The van der Waals surface area contributed by atoms with Crippen molar-refractivity contribution in [3.8, 4) is 0 Å². The monoisotopic (exact) mass is 443 g/mol. The summed E-state index contributed by atoms with van der Waals surface area (Å²) in [5, 5.41) is 10.4. The molecule has 2 amide bonds. The first-order chi connectivity index (χ1) is 15.5. The third kappa shape index (κ3) is 3.62. The first-order valence-corrected chi connectivity index (χ1v) is 12.4. The van der Waals surface area contributed by atoms with Gasteiger partial charge in [0, 0.05) is 70.6 Å². The zero-order valence-corrected chi connectivity index (χ0v) is 19.4. The second kappa shape index (κ2) is 8.92. The third-order valence-electron chi connectivity index (χ3n) is 8.50. The number of ether oxygens (including phenoxy) is 1. The maximum atomic E-state index is 13.6. The largest absolute Gasteiger partial charge is 0.396 e. The van der Waals surface area contributed by atoms with Crippen molar-refractivity contribution in [2.45, 2.75) is 56.7 Å². The van der Waals surface area contributed by atoms with Crippen LogP contribution in [-0.2, 0) is 14.3 Å². The molecule has 4 aliphatic heterocycles. The van der Waals surface area contributed by atoms with Gasteiger partial charge in [0.2, 0.25) is 5.91 Å². The molecule has 5 aliphatic rings. The van der Waals surface area contributed by atoms with Crippen LogP contribution in [0.25, 0.3) is 0 Å². The molecule has 3 saturated heterocycles. The second-order valence-corrected chi connectivity index (χ2v) is 10.4. The summed E-state index contributed by atoms with van der Waals surface area (Å²) >= 11 is 0. The lowest BCUT2D eigenvalue weighted by molar-refractivity contribution is -0.141. The summed E-state index contributed by atoms with van der Waals surface area (Å²) in [6, 6.07) is -0.0170. The molecule has 2 bridgehead atoms. The van der Waals surface area contributed by atoms with E-state index in [0.29, 0.717) is 12.5 Å². The average molecular weight is 444 g/mol. The first-order valence-electron chi connectivity index (χ1n) is 12.4. The summed E-state index contributed by atoms with van der Waals surface area (Å²) in [5.74, 6) is 0.341. The number of carbonyl (C=O) groups is 2. The van der Waals surface area contributed by atoms with E-state index in [-0.39, 0.29) is 48.4 Å². The molecule has 176 valence electrons. The molecule has 7 heteroatoms. The summed E-state index contributed by atoms with van der Waals surface area (Å²) in [5.41, 5.74) is 2.08. The van der Waals surface area contributed by atoms with Gasteiger partial charge in [0.1, 0.15) is 0 Å². The minimum Gasteiger partial charge on any atom is -0.396 e. The predicted octanol–water partition coefficient (Wildman–Crippen LogP) is 1.43. The Morgan fingerprint density at radius 3 is 2.66 bits per heavy atom.